The Bertz CT molecular complexity index is 505. The van der Waals surface area contributed by atoms with Crippen LogP contribution in [0.25, 0.3) is 0 Å². The number of anilines is 1. The number of aromatic nitrogens is 2. The van der Waals surface area contributed by atoms with Crippen molar-refractivity contribution in [3.05, 3.63) is 48.5 Å². The average molecular weight is 243 g/mol. The molecule has 18 heavy (non-hydrogen) atoms. The molecule has 0 radical (unpaired) electrons. The Morgan fingerprint density at radius 3 is 2.83 bits per heavy atom. The Hall–Kier alpha value is -2.10. The van der Waals surface area contributed by atoms with Gasteiger partial charge in [-0.15, -0.1) is 0 Å². The van der Waals surface area contributed by atoms with Crippen LogP contribution in [0.15, 0.2) is 42.7 Å². The number of hydrogen-bond donors (Lipinski definition) is 1. The molecule has 0 saturated heterocycles. The van der Waals surface area contributed by atoms with Crippen LogP contribution < -0.4 is 5.32 Å². The molecule has 0 amide bonds. The van der Waals surface area contributed by atoms with Gasteiger partial charge in [0.2, 0.25) is 0 Å². The summed E-state index contributed by atoms with van der Waals surface area (Å²) in [5.74, 6) is 0.970. The van der Waals surface area contributed by atoms with Crippen LogP contribution in [0.5, 0.6) is 0 Å². The van der Waals surface area contributed by atoms with Gasteiger partial charge in [0.15, 0.2) is 5.78 Å². The molecular weight excluding hydrogens is 226 g/mol. The van der Waals surface area contributed by atoms with E-state index in [1.165, 1.54) is 0 Å². The van der Waals surface area contributed by atoms with Gasteiger partial charge in [-0.25, -0.2) is 4.98 Å². The van der Waals surface area contributed by atoms with Crippen LogP contribution in [-0.4, -0.2) is 21.9 Å². The first-order valence-electron chi connectivity index (χ1n) is 6.10. The van der Waals surface area contributed by atoms with Gasteiger partial charge in [0.1, 0.15) is 5.82 Å². The maximum Gasteiger partial charge on any atom is 0.159 e. The highest BCUT2D eigenvalue weighted by Crippen LogP contribution is 2.05. The number of carbonyl (C=O) groups excluding carboxylic acids is 1. The molecule has 0 atom stereocenters. The Kier molecular flexibility index (Phi) is 4.12. The molecule has 1 aromatic carbocycles. The number of aryl methyl sites for hydroxylation is 1. The number of imidazole rings is 1. The van der Waals surface area contributed by atoms with Crippen LogP contribution in [0, 0.1) is 0 Å². The summed E-state index contributed by atoms with van der Waals surface area (Å²) >= 11 is 0. The molecule has 1 heterocycles. The standard InChI is InChI=1S/C14H17N3O/c1-2-17-9-8-15-14(17)10-13(18)11-16-12-6-4-3-5-7-12/h3-9,16H,2,10-11H2,1H3. The quantitative estimate of drug-likeness (QED) is 0.845. The second-order valence-corrected chi connectivity index (χ2v) is 4.06. The smallest absolute Gasteiger partial charge is 0.159 e. The second-order valence-electron chi connectivity index (χ2n) is 4.06. The molecule has 0 fully saturated rings. The number of benzene rings is 1. The summed E-state index contributed by atoms with van der Waals surface area (Å²) in [6, 6.07) is 9.72. The topological polar surface area (TPSA) is 46.9 Å². The summed E-state index contributed by atoms with van der Waals surface area (Å²) in [5.41, 5.74) is 0.963. The molecule has 2 rings (SSSR count). The molecule has 2 aromatic rings. The number of nitrogens with one attached hydrogen (secondary N) is 1. The molecule has 0 aliphatic carbocycles. The molecule has 94 valence electrons. The van der Waals surface area contributed by atoms with Crippen molar-refractivity contribution in [2.24, 2.45) is 0 Å². The fourth-order valence-electron chi connectivity index (χ4n) is 1.79. The molecule has 0 unspecified atom stereocenters. The van der Waals surface area contributed by atoms with Crippen LogP contribution in [0.1, 0.15) is 12.7 Å². The number of hydrogen-bond acceptors (Lipinski definition) is 3. The number of para-hydroxylation sites is 1. The van der Waals surface area contributed by atoms with Crippen molar-refractivity contribution in [3.8, 4) is 0 Å². The highest BCUT2D eigenvalue weighted by molar-refractivity contribution is 5.84. The number of carbonyl (C=O) groups is 1. The van der Waals surface area contributed by atoms with E-state index in [2.05, 4.69) is 10.3 Å². The Morgan fingerprint density at radius 2 is 2.11 bits per heavy atom. The lowest BCUT2D eigenvalue weighted by atomic mass is 10.2. The predicted octanol–water partition coefficient (Wildman–Crippen LogP) is 2.13. The molecule has 0 aliphatic rings. The fourth-order valence-corrected chi connectivity index (χ4v) is 1.79. The van der Waals surface area contributed by atoms with Crippen LogP contribution in [-0.2, 0) is 17.8 Å². The predicted molar refractivity (Wildman–Crippen MR) is 71.5 cm³/mol. The third-order valence-electron chi connectivity index (χ3n) is 2.76. The molecule has 1 N–H and O–H groups in total. The van der Waals surface area contributed by atoms with Gasteiger partial charge < -0.3 is 9.88 Å². The first-order chi connectivity index (χ1) is 8.79. The van der Waals surface area contributed by atoms with Crippen LogP contribution in [0.4, 0.5) is 5.69 Å². The van der Waals surface area contributed by atoms with Gasteiger partial charge in [0, 0.05) is 24.6 Å². The normalized spacial score (nSPS) is 10.3. The van der Waals surface area contributed by atoms with E-state index in [9.17, 15) is 4.79 Å². The monoisotopic (exact) mass is 243 g/mol. The van der Waals surface area contributed by atoms with E-state index in [-0.39, 0.29) is 5.78 Å². The lowest BCUT2D eigenvalue weighted by Crippen LogP contribution is -2.18. The molecule has 4 heteroatoms. The fraction of sp³-hybridized carbons (Fsp3) is 0.286. The van der Waals surface area contributed by atoms with Crippen molar-refractivity contribution in [2.45, 2.75) is 19.9 Å². The third kappa shape index (κ3) is 3.20. The van der Waals surface area contributed by atoms with Crippen molar-refractivity contribution in [2.75, 3.05) is 11.9 Å². The van der Waals surface area contributed by atoms with Crippen molar-refractivity contribution in [3.63, 3.8) is 0 Å². The van der Waals surface area contributed by atoms with Gasteiger partial charge in [-0.05, 0) is 19.1 Å². The third-order valence-corrected chi connectivity index (χ3v) is 2.76. The van der Waals surface area contributed by atoms with E-state index in [4.69, 9.17) is 0 Å². The molecular formula is C14H17N3O. The molecule has 1 aromatic heterocycles. The Labute approximate surface area is 107 Å². The largest absolute Gasteiger partial charge is 0.378 e. The number of nitrogens with zero attached hydrogens (tertiary/aromatic N) is 2. The minimum atomic E-state index is 0.139. The number of rotatable bonds is 6. The van der Waals surface area contributed by atoms with Crippen molar-refractivity contribution in [1.82, 2.24) is 9.55 Å². The van der Waals surface area contributed by atoms with Gasteiger partial charge in [-0.3, -0.25) is 4.79 Å². The molecule has 0 spiro atoms. The van der Waals surface area contributed by atoms with E-state index in [1.54, 1.807) is 6.20 Å². The summed E-state index contributed by atoms with van der Waals surface area (Å²) in [6.45, 7) is 3.22. The maximum atomic E-state index is 11.8. The first kappa shape index (κ1) is 12.4. The van der Waals surface area contributed by atoms with Gasteiger partial charge in [0.05, 0.1) is 13.0 Å². The van der Waals surface area contributed by atoms with E-state index >= 15 is 0 Å². The van der Waals surface area contributed by atoms with Crippen LogP contribution >= 0.6 is 0 Å². The molecule has 4 nitrogen and oxygen atoms in total. The molecule has 0 bridgehead atoms. The van der Waals surface area contributed by atoms with Crippen LogP contribution in [0.2, 0.25) is 0 Å². The molecule has 0 aliphatic heterocycles. The van der Waals surface area contributed by atoms with E-state index in [0.717, 1.165) is 18.1 Å². The summed E-state index contributed by atoms with van der Waals surface area (Å²) in [6.07, 6.45) is 4.00. The summed E-state index contributed by atoms with van der Waals surface area (Å²) in [5, 5.41) is 3.11. The second kappa shape index (κ2) is 6.00. The summed E-state index contributed by atoms with van der Waals surface area (Å²) in [7, 11) is 0. The average Bonchev–Trinajstić information content (AvgIpc) is 2.85. The first-order valence-corrected chi connectivity index (χ1v) is 6.10. The Balaban J connectivity index is 1.86. The summed E-state index contributed by atoms with van der Waals surface area (Å²) in [4.78, 5) is 16.0. The van der Waals surface area contributed by atoms with Crippen molar-refractivity contribution < 1.29 is 4.79 Å². The summed E-state index contributed by atoms with van der Waals surface area (Å²) < 4.78 is 1.99. The van der Waals surface area contributed by atoms with Gasteiger partial charge in [-0.2, -0.15) is 0 Å². The molecule has 0 saturated carbocycles. The zero-order chi connectivity index (χ0) is 12.8. The lowest BCUT2D eigenvalue weighted by molar-refractivity contribution is -0.116. The van der Waals surface area contributed by atoms with Crippen LogP contribution in [0.3, 0.4) is 0 Å². The highest BCUT2D eigenvalue weighted by atomic mass is 16.1. The zero-order valence-corrected chi connectivity index (χ0v) is 10.5. The SMILES string of the molecule is CCn1ccnc1CC(=O)CNc1ccccc1. The van der Waals surface area contributed by atoms with Gasteiger partial charge >= 0.3 is 0 Å². The zero-order valence-electron chi connectivity index (χ0n) is 10.5. The Morgan fingerprint density at radius 1 is 1.33 bits per heavy atom. The van der Waals surface area contributed by atoms with E-state index in [0.29, 0.717) is 13.0 Å². The number of Topliss-reactive ketones (excluding diaryl/α,β-unsaturated/α-hetero) is 1. The number of ketones is 1. The van der Waals surface area contributed by atoms with Crippen molar-refractivity contribution in [1.29, 1.82) is 0 Å². The minimum absolute atomic E-state index is 0.139. The van der Waals surface area contributed by atoms with E-state index < -0.39 is 0 Å². The van der Waals surface area contributed by atoms with Gasteiger partial charge in [-0.1, -0.05) is 18.2 Å². The minimum Gasteiger partial charge on any atom is -0.378 e. The lowest BCUT2D eigenvalue weighted by Gasteiger charge is -2.06. The van der Waals surface area contributed by atoms with Crippen molar-refractivity contribution >= 4 is 11.5 Å². The van der Waals surface area contributed by atoms with Gasteiger partial charge in [0.25, 0.3) is 0 Å². The maximum absolute atomic E-state index is 11.8. The van der Waals surface area contributed by atoms with E-state index in [1.807, 2.05) is 48.0 Å². The highest BCUT2D eigenvalue weighted by Gasteiger charge is 2.08.